The van der Waals surface area contributed by atoms with Gasteiger partial charge in [-0.15, -0.1) is 0 Å². The van der Waals surface area contributed by atoms with Gasteiger partial charge in [0.2, 0.25) is 0 Å². The van der Waals surface area contributed by atoms with Crippen LogP contribution in [0.25, 0.3) is 0 Å². The number of hydrogen-bond acceptors (Lipinski definition) is 3. The van der Waals surface area contributed by atoms with Crippen LogP contribution < -0.4 is 10.5 Å². The Hall–Kier alpha value is -0.930. The smallest absolute Gasteiger partial charge is 0.162 e. The van der Waals surface area contributed by atoms with Crippen molar-refractivity contribution in [3.63, 3.8) is 0 Å². The second-order valence-electron chi connectivity index (χ2n) is 3.82. The first-order valence-electron chi connectivity index (χ1n) is 4.79. The number of phenols is 1. The summed E-state index contributed by atoms with van der Waals surface area (Å²) in [5.74, 6) is 0.649. The van der Waals surface area contributed by atoms with Gasteiger partial charge in [0.15, 0.2) is 11.5 Å². The molecule has 0 bridgehead atoms. The molecule has 1 rings (SSSR count). The molecule has 0 saturated heterocycles. The van der Waals surface area contributed by atoms with Gasteiger partial charge in [0, 0.05) is 22.7 Å². The van der Waals surface area contributed by atoms with E-state index in [1.807, 2.05) is 13.8 Å². The molecular weight excluding hydrogens is 214 g/mol. The summed E-state index contributed by atoms with van der Waals surface area (Å²) in [6, 6.07) is 2.98. The second-order valence-corrected chi connectivity index (χ2v) is 4.25. The van der Waals surface area contributed by atoms with Crippen LogP contribution >= 0.6 is 11.6 Å². The van der Waals surface area contributed by atoms with Gasteiger partial charge in [0.05, 0.1) is 7.11 Å². The molecule has 3 nitrogen and oxygen atoms in total. The van der Waals surface area contributed by atoms with Gasteiger partial charge in [0.25, 0.3) is 0 Å². The van der Waals surface area contributed by atoms with Gasteiger partial charge >= 0.3 is 0 Å². The van der Waals surface area contributed by atoms with Gasteiger partial charge in [-0.25, -0.2) is 0 Å². The Labute approximate surface area is 94.8 Å². The molecule has 0 saturated carbocycles. The van der Waals surface area contributed by atoms with E-state index in [1.54, 1.807) is 12.1 Å². The Morgan fingerprint density at radius 2 is 2.00 bits per heavy atom. The van der Waals surface area contributed by atoms with E-state index in [9.17, 15) is 5.11 Å². The van der Waals surface area contributed by atoms with Crippen molar-refractivity contribution in [2.45, 2.75) is 19.9 Å². The van der Waals surface area contributed by atoms with Crippen molar-refractivity contribution >= 4 is 11.6 Å². The van der Waals surface area contributed by atoms with Crippen molar-refractivity contribution < 1.29 is 9.84 Å². The molecule has 0 radical (unpaired) electrons. The van der Waals surface area contributed by atoms with Crippen LogP contribution in [0.2, 0.25) is 5.02 Å². The van der Waals surface area contributed by atoms with E-state index in [1.165, 1.54) is 7.11 Å². The van der Waals surface area contributed by atoms with Crippen molar-refractivity contribution in [1.29, 1.82) is 0 Å². The van der Waals surface area contributed by atoms with Crippen LogP contribution in [0.1, 0.15) is 25.5 Å². The topological polar surface area (TPSA) is 55.5 Å². The fraction of sp³-hybridized carbons (Fsp3) is 0.455. The van der Waals surface area contributed by atoms with Gasteiger partial charge in [0.1, 0.15) is 0 Å². The van der Waals surface area contributed by atoms with Gasteiger partial charge in [-0.3, -0.25) is 0 Å². The van der Waals surface area contributed by atoms with E-state index in [2.05, 4.69) is 0 Å². The van der Waals surface area contributed by atoms with Crippen LogP contribution in [0.15, 0.2) is 12.1 Å². The molecule has 1 aromatic carbocycles. The minimum Gasteiger partial charge on any atom is -0.504 e. The maximum Gasteiger partial charge on any atom is 0.162 e. The number of aromatic hydroxyl groups is 1. The molecule has 0 aliphatic carbocycles. The molecule has 0 aromatic heterocycles. The zero-order valence-corrected chi connectivity index (χ0v) is 9.88. The molecule has 0 heterocycles. The highest BCUT2D eigenvalue weighted by molar-refractivity contribution is 6.30. The molecule has 0 fully saturated rings. The third-order valence-corrected chi connectivity index (χ3v) is 2.58. The van der Waals surface area contributed by atoms with Crippen molar-refractivity contribution in [2.24, 2.45) is 11.7 Å². The van der Waals surface area contributed by atoms with Gasteiger partial charge in [-0.1, -0.05) is 25.4 Å². The molecule has 0 amide bonds. The van der Waals surface area contributed by atoms with Gasteiger partial charge < -0.3 is 15.6 Å². The summed E-state index contributed by atoms with van der Waals surface area (Å²) in [5.41, 5.74) is 6.58. The normalized spacial score (nSPS) is 12.9. The largest absolute Gasteiger partial charge is 0.504 e. The zero-order chi connectivity index (χ0) is 11.6. The molecule has 0 aliphatic heterocycles. The number of phenolic OH excluding ortho intramolecular Hbond substituents is 1. The third-order valence-electron chi connectivity index (χ3n) is 2.37. The summed E-state index contributed by atoms with van der Waals surface area (Å²) in [7, 11) is 1.48. The van der Waals surface area contributed by atoms with E-state index < -0.39 is 0 Å². The summed E-state index contributed by atoms with van der Waals surface area (Å²) < 4.78 is 5.01. The molecule has 1 aromatic rings. The predicted octanol–water partition coefficient (Wildman–Crippen LogP) is 2.71. The average Bonchev–Trinajstić information content (AvgIpc) is 2.19. The van der Waals surface area contributed by atoms with Crippen LogP contribution in [0.4, 0.5) is 0 Å². The van der Waals surface area contributed by atoms with Crippen molar-refractivity contribution in [3.05, 3.63) is 22.7 Å². The Balaban J connectivity index is 3.22. The fourth-order valence-corrected chi connectivity index (χ4v) is 1.58. The number of benzene rings is 1. The maximum absolute atomic E-state index is 9.87. The highest BCUT2D eigenvalue weighted by atomic mass is 35.5. The molecule has 1 unspecified atom stereocenters. The Kier molecular flexibility index (Phi) is 3.83. The number of methoxy groups -OCH3 is 1. The lowest BCUT2D eigenvalue weighted by molar-refractivity contribution is 0.364. The summed E-state index contributed by atoms with van der Waals surface area (Å²) in [6.45, 7) is 3.97. The minimum atomic E-state index is -0.252. The number of hydrogen-bond donors (Lipinski definition) is 2. The Morgan fingerprint density at radius 3 is 2.47 bits per heavy atom. The summed E-state index contributed by atoms with van der Waals surface area (Å²) in [6.07, 6.45) is 0. The average molecular weight is 230 g/mol. The number of ether oxygens (including phenoxy) is 1. The summed E-state index contributed by atoms with van der Waals surface area (Å²) >= 11 is 5.90. The molecular formula is C11H16ClNO2. The van der Waals surface area contributed by atoms with Gasteiger partial charge in [-0.2, -0.15) is 0 Å². The summed E-state index contributed by atoms with van der Waals surface area (Å²) in [5, 5.41) is 10.4. The highest BCUT2D eigenvalue weighted by Crippen LogP contribution is 2.37. The second kappa shape index (κ2) is 4.73. The maximum atomic E-state index is 9.87. The van der Waals surface area contributed by atoms with Crippen LogP contribution in [-0.2, 0) is 0 Å². The monoisotopic (exact) mass is 229 g/mol. The minimum absolute atomic E-state index is 0.0723. The number of nitrogens with two attached hydrogens (primary N) is 1. The first-order chi connectivity index (χ1) is 6.97. The van der Waals surface area contributed by atoms with Crippen molar-refractivity contribution in [3.8, 4) is 11.5 Å². The first-order valence-corrected chi connectivity index (χ1v) is 5.17. The van der Waals surface area contributed by atoms with Gasteiger partial charge in [-0.05, 0) is 12.0 Å². The van der Waals surface area contributed by atoms with Crippen molar-refractivity contribution in [1.82, 2.24) is 0 Å². The van der Waals surface area contributed by atoms with E-state index in [-0.39, 0.29) is 17.7 Å². The number of halogens is 1. The summed E-state index contributed by atoms with van der Waals surface area (Å²) in [4.78, 5) is 0. The molecule has 0 spiro atoms. The van der Waals surface area contributed by atoms with E-state index >= 15 is 0 Å². The molecule has 4 heteroatoms. The molecule has 3 N–H and O–H groups in total. The molecule has 15 heavy (non-hydrogen) atoms. The van der Waals surface area contributed by atoms with E-state index in [0.29, 0.717) is 16.3 Å². The lowest BCUT2D eigenvalue weighted by Crippen LogP contribution is -2.17. The van der Waals surface area contributed by atoms with E-state index in [4.69, 9.17) is 22.1 Å². The lowest BCUT2D eigenvalue weighted by Gasteiger charge is -2.19. The number of rotatable bonds is 3. The van der Waals surface area contributed by atoms with Crippen molar-refractivity contribution in [2.75, 3.05) is 7.11 Å². The standard InChI is InChI=1S/C11H16ClNO2/c1-6(2)10(13)8-4-7(12)5-9(15-3)11(8)14/h4-6,10,14H,13H2,1-3H3. The zero-order valence-electron chi connectivity index (χ0n) is 9.12. The SMILES string of the molecule is COc1cc(Cl)cc(C(N)C(C)C)c1O. The quantitative estimate of drug-likeness (QED) is 0.838. The first kappa shape index (κ1) is 12.1. The molecule has 0 aliphatic rings. The Morgan fingerprint density at radius 1 is 1.40 bits per heavy atom. The predicted molar refractivity (Wildman–Crippen MR) is 61.4 cm³/mol. The molecule has 1 atom stereocenters. The lowest BCUT2D eigenvalue weighted by atomic mass is 9.96. The molecule has 84 valence electrons. The van der Waals surface area contributed by atoms with Crippen LogP contribution in [0.5, 0.6) is 11.5 Å². The Bertz CT molecular complexity index is 353. The third kappa shape index (κ3) is 2.55. The van der Waals surface area contributed by atoms with Crippen LogP contribution in [0.3, 0.4) is 0 Å². The van der Waals surface area contributed by atoms with E-state index in [0.717, 1.165) is 0 Å². The highest BCUT2D eigenvalue weighted by Gasteiger charge is 2.18. The van der Waals surface area contributed by atoms with Crippen LogP contribution in [0, 0.1) is 5.92 Å². The fourth-order valence-electron chi connectivity index (χ4n) is 1.36. The van der Waals surface area contributed by atoms with Crippen LogP contribution in [-0.4, -0.2) is 12.2 Å².